The molecule has 0 saturated carbocycles. The second-order valence-electron chi connectivity index (χ2n) is 6.32. The molecule has 1 aliphatic rings. The summed E-state index contributed by atoms with van der Waals surface area (Å²) in [5, 5.41) is 8.96. The van der Waals surface area contributed by atoms with E-state index in [1.54, 1.807) is 18.4 Å². The lowest BCUT2D eigenvalue weighted by Gasteiger charge is -2.33. The Labute approximate surface area is 182 Å². The second-order valence-corrected chi connectivity index (χ2v) is 7.35. The first kappa shape index (κ1) is 22.2. The predicted molar refractivity (Wildman–Crippen MR) is 121 cm³/mol. The van der Waals surface area contributed by atoms with Gasteiger partial charge in [0, 0.05) is 38.1 Å². The highest BCUT2D eigenvalue weighted by Crippen LogP contribution is 2.23. The fourth-order valence-electron chi connectivity index (χ4n) is 3.10. The van der Waals surface area contributed by atoms with Gasteiger partial charge in [0.15, 0.2) is 5.96 Å². The Balaban J connectivity index is 0.00000261. The molecule has 0 bridgehead atoms. The van der Waals surface area contributed by atoms with Crippen LogP contribution in [0.1, 0.15) is 22.4 Å². The highest BCUT2D eigenvalue weighted by atomic mass is 127. The molecule has 150 valence electrons. The van der Waals surface area contributed by atoms with Crippen molar-refractivity contribution in [3.05, 3.63) is 46.0 Å². The van der Waals surface area contributed by atoms with Gasteiger partial charge in [0.05, 0.1) is 19.3 Å². The number of hydrogen-bond donors (Lipinski definition) is 2. The summed E-state index contributed by atoms with van der Waals surface area (Å²) in [7, 11) is 1.81. The number of thiophene rings is 1. The summed E-state index contributed by atoms with van der Waals surface area (Å²) in [6, 6.07) is 8.52. The molecule has 1 atom stereocenters. The van der Waals surface area contributed by atoms with Crippen molar-refractivity contribution in [2.24, 2.45) is 4.99 Å². The van der Waals surface area contributed by atoms with Crippen LogP contribution >= 0.6 is 35.3 Å². The van der Waals surface area contributed by atoms with Gasteiger partial charge in [-0.3, -0.25) is 9.89 Å². The molecule has 6 nitrogen and oxygen atoms in total. The van der Waals surface area contributed by atoms with E-state index in [0.29, 0.717) is 0 Å². The molecule has 2 N–H and O–H groups in total. The van der Waals surface area contributed by atoms with Gasteiger partial charge in [-0.05, 0) is 36.9 Å². The molecule has 27 heavy (non-hydrogen) atoms. The molecular weight excluding hydrogens is 475 g/mol. The number of halogens is 1. The zero-order valence-electron chi connectivity index (χ0n) is 15.9. The van der Waals surface area contributed by atoms with Gasteiger partial charge in [-0.25, -0.2) is 0 Å². The minimum atomic E-state index is 0. The smallest absolute Gasteiger partial charge is 0.191 e. The lowest BCUT2D eigenvalue weighted by Crippen LogP contribution is -2.46. The van der Waals surface area contributed by atoms with Crippen LogP contribution < -0.4 is 10.6 Å². The molecule has 3 heterocycles. The first-order chi connectivity index (χ1) is 12.8. The van der Waals surface area contributed by atoms with E-state index < -0.39 is 0 Å². The van der Waals surface area contributed by atoms with Crippen LogP contribution in [0.25, 0.3) is 0 Å². The standard InChI is InChI=1S/C19H28N4O2S.HI/c1-15-5-6-18(25-15)17(23-9-11-24-12-10-23)14-22-19(20-2)21-8-7-16-4-3-13-26-16;/h3-6,13,17H,7-12,14H2,1-2H3,(H2,20,21,22);1H. The van der Waals surface area contributed by atoms with Gasteiger partial charge in [-0.2, -0.15) is 0 Å². The van der Waals surface area contributed by atoms with Crippen molar-refractivity contribution < 1.29 is 9.15 Å². The average Bonchev–Trinajstić information content (AvgIpc) is 3.33. The van der Waals surface area contributed by atoms with Crippen molar-refractivity contribution in [2.75, 3.05) is 46.4 Å². The van der Waals surface area contributed by atoms with E-state index in [1.165, 1.54) is 4.88 Å². The molecule has 2 aromatic heterocycles. The average molecular weight is 504 g/mol. The highest BCUT2D eigenvalue weighted by molar-refractivity contribution is 14.0. The van der Waals surface area contributed by atoms with Gasteiger partial charge in [0.25, 0.3) is 0 Å². The number of morpholine rings is 1. The van der Waals surface area contributed by atoms with Crippen LogP contribution in [0, 0.1) is 6.92 Å². The fraction of sp³-hybridized carbons (Fsp3) is 0.526. The number of guanidine groups is 1. The van der Waals surface area contributed by atoms with Crippen molar-refractivity contribution >= 4 is 41.3 Å². The molecule has 0 spiro atoms. The minimum absolute atomic E-state index is 0. The molecule has 1 fully saturated rings. The predicted octanol–water partition coefficient (Wildman–Crippen LogP) is 3.05. The maximum Gasteiger partial charge on any atom is 0.191 e. The molecule has 0 aromatic carbocycles. The van der Waals surface area contributed by atoms with E-state index in [0.717, 1.165) is 63.3 Å². The van der Waals surface area contributed by atoms with Crippen molar-refractivity contribution in [2.45, 2.75) is 19.4 Å². The SMILES string of the molecule is CN=C(NCCc1cccs1)NCC(c1ccc(C)o1)N1CCOCC1.I. The maximum atomic E-state index is 5.91. The zero-order chi connectivity index (χ0) is 18.2. The third-order valence-corrected chi connectivity index (χ3v) is 5.44. The van der Waals surface area contributed by atoms with Crippen LogP contribution in [0.2, 0.25) is 0 Å². The van der Waals surface area contributed by atoms with Gasteiger partial charge in [0.2, 0.25) is 0 Å². The highest BCUT2D eigenvalue weighted by Gasteiger charge is 2.25. The van der Waals surface area contributed by atoms with Crippen LogP contribution in [-0.4, -0.2) is 57.3 Å². The maximum absolute atomic E-state index is 5.91. The third kappa shape index (κ3) is 6.78. The van der Waals surface area contributed by atoms with E-state index in [4.69, 9.17) is 9.15 Å². The first-order valence-corrected chi connectivity index (χ1v) is 9.99. The number of ether oxygens (including phenoxy) is 1. The number of rotatable bonds is 7. The summed E-state index contributed by atoms with van der Waals surface area (Å²) >= 11 is 1.79. The Hall–Kier alpha value is -1.10. The third-order valence-electron chi connectivity index (χ3n) is 4.51. The van der Waals surface area contributed by atoms with Gasteiger partial charge < -0.3 is 19.8 Å². The van der Waals surface area contributed by atoms with E-state index in [-0.39, 0.29) is 30.0 Å². The summed E-state index contributed by atoms with van der Waals surface area (Å²) in [5.41, 5.74) is 0. The van der Waals surface area contributed by atoms with E-state index in [1.807, 2.05) is 13.0 Å². The monoisotopic (exact) mass is 504 g/mol. The lowest BCUT2D eigenvalue weighted by molar-refractivity contribution is 0.0124. The van der Waals surface area contributed by atoms with E-state index in [2.05, 4.69) is 44.1 Å². The first-order valence-electron chi connectivity index (χ1n) is 9.11. The molecule has 1 unspecified atom stereocenters. The van der Waals surface area contributed by atoms with Gasteiger partial charge in [-0.15, -0.1) is 35.3 Å². The number of furan rings is 1. The van der Waals surface area contributed by atoms with Crippen LogP contribution in [-0.2, 0) is 11.2 Å². The Morgan fingerprint density at radius 3 is 2.70 bits per heavy atom. The van der Waals surface area contributed by atoms with Crippen LogP contribution in [0.15, 0.2) is 39.1 Å². The minimum Gasteiger partial charge on any atom is -0.465 e. The van der Waals surface area contributed by atoms with Gasteiger partial charge in [0.1, 0.15) is 11.5 Å². The summed E-state index contributed by atoms with van der Waals surface area (Å²) in [6.07, 6.45) is 1.00. The van der Waals surface area contributed by atoms with Crippen LogP contribution in [0.4, 0.5) is 0 Å². The zero-order valence-corrected chi connectivity index (χ0v) is 19.1. The summed E-state index contributed by atoms with van der Waals surface area (Å²) in [4.78, 5) is 8.14. The molecule has 3 rings (SSSR count). The number of nitrogens with zero attached hydrogens (tertiary/aromatic N) is 2. The van der Waals surface area contributed by atoms with E-state index >= 15 is 0 Å². The topological polar surface area (TPSA) is 62.0 Å². The lowest BCUT2D eigenvalue weighted by atomic mass is 10.1. The van der Waals surface area contributed by atoms with Crippen molar-refractivity contribution in [1.29, 1.82) is 0 Å². The molecule has 1 aliphatic heterocycles. The number of hydrogen-bond acceptors (Lipinski definition) is 5. The second kappa shape index (κ2) is 11.7. The molecule has 0 radical (unpaired) electrons. The summed E-state index contributed by atoms with van der Waals surface area (Å²) in [6.45, 7) is 6.95. The van der Waals surface area contributed by atoms with E-state index in [9.17, 15) is 0 Å². The molecular formula is C19H29IN4O2S. The molecule has 0 aliphatic carbocycles. The summed E-state index contributed by atoms with van der Waals surface area (Å²) < 4.78 is 11.4. The Kier molecular flexibility index (Phi) is 9.60. The van der Waals surface area contributed by atoms with Crippen molar-refractivity contribution in [3.8, 4) is 0 Å². The van der Waals surface area contributed by atoms with Gasteiger partial charge >= 0.3 is 0 Å². The number of nitrogens with one attached hydrogen (secondary N) is 2. The Morgan fingerprint density at radius 1 is 1.26 bits per heavy atom. The number of aliphatic imine (C=N–C) groups is 1. The Bertz CT molecular complexity index is 684. The molecule has 0 amide bonds. The molecule has 2 aromatic rings. The number of aryl methyl sites for hydroxylation is 1. The van der Waals surface area contributed by atoms with Crippen LogP contribution in [0.5, 0.6) is 0 Å². The van der Waals surface area contributed by atoms with Crippen molar-refractivity contribution in [1.82, 2.24) is 15.5 Å². The normalized spacial score (nSPS) is 16.6. The largest absolute Gasteiger partial charge is 0.465 e. The van der Waals surface area contributed by atoms with Gasteiger partial charge in [-0.1, -0.05) is 6.07 Å². The molecule has 1 saturated heterocycles. The molecule has 8 heteroatoms. The summed E-state index contributed by atoms with van der Waals surface area (Å²) in [5.74, 6) is 2.76. The Morgan fingerprint density at radius 2 is 2.07 bits per heavy atom. The van der Waals surface area contributed by atoms with Crippen molar-refractivity contribution in [3.63, 3.8) is 0 Å². The fourth-order valence-corrected chi connectivity index (χ4v) is 3.81. The van der Waals surface area contributed by atoms with Crippen LogP contribution in [0.3, 0.4) is 0 Å². The quantitative estimate of drug-likeness (QED) is 0.345.